The highest BCUT2D eigenvalue weighted by molar-refractivity contribution is 5.28. The van der Waals surface area contributed by atoms with Gasteiger partial charge in [-0.1, -0.05) is 43.2 Å². The molecular weight excluding hydrogens is 212 g/mol. The van der Waals surface area contributed by atoms with Crippen molar-refractivity contribution in [2.45, 2.75) is 51.2 Å². The SMILES string of the molecule is CCCC1CC(O)(c2cccc(C)c2)CCO1. The van der Waals surface area contributed by atoms with Crippen molar-refractivity contribution < 1.29 is 9.84 Å². The number of aryl methyl sites for hydroxylation is 1. The van der Waals surface area contributed by atoms with Gasteiger partial charge in [-0.2, -0.15) is 0 Å². The minimum absolute atomic E-state index is 0.208. The first-order valence-electron chi connectivity index (χ1n) is 6.55. The van der Waals surface area contributed by atoms with Crippen molar-refractivity contribution in [3.05, 3.63) is 35.4 Å². The summed E-state index contributed by atoms with van der Waals surface area (Å²) < 4.78 is 5.71. The van der Waals surface area contributed by atoms with E-state index < -0.39 is 5.60 Å². The summed E-state index contributed by atoms with van der Waals surface area (Å²) in [5.41, 5.74) is 1.56. The number of hydrogen-bond acceptors (Lipinski definition) is 2. The van der Waals surface area contributed by atoms with Crippen LogP contribution < -0.4 is 0 Å². The number of hydrogen-bond donors (Lipinski definition) is 1. The second-order valence-electron chi connectivity index (χ2n) is 5.14. The van der Waals surface area contributed by atoms with Crippen LogP contribution in [0.2, 0.25) is 0 Å². The lowest BCUT2D eigenvalue weighted by atomic mass is 9.82. The third-order valence-corrected chi connectivity index (χ3v) is 3.60. The quantitative estimate of drug-likeness (QED) is 0.870. The van der Waals surface area contributed by atoms with Crippen molar-refractivity contribution in [3.8, 4) is 0 Å². The molecule has 2 atom stereocenters. The van der Waals surface area contributed by atoms with Crippen molar-refractivity contribution in [1.29, 1.82) is 0 Å². The third-order valence-electron chi connectivity index (χ3n) is 3.60. The van der Waals surface area contributed by atoms with Gasteiger partial charge in [-0.05, 0) is 18.9 Å². The van der Waals surface area contributed by atoms with Gasteiger partial charge in [-0.3, -0.25) is 0 Å². The van der Waals surface area contributed by atoms with E-state index in [2.05, 4.69) is 26.0 Å². The van der Waals surface area contributed by atoms with Gasteiger partial charge in [-0.25, -0.2) is 0 Å². The zero-order chi connectivity index (χ0) is 12.3. The molecule has 1 aromatic rings. The molecule has 0 amide bonds. The first kappa shape index (κ1) is 12.6. The molecule has 2 nitrogen and oxygen atoms in total. The lowest BCUT2D eigenvalue weighted by Crippen LogP contribution is -2.38. The normalized spacial score (nSPS) is 29.2. The van der Waals surface area contributed by atoms with Gasteiger partial charge in [0.1, 0.15) is 0 Å². The second kappa shape index (κ2) is 5.19. The highest BCUT2D eigenvalue weighted by Gasteiger charge is 2.36. The van der Waals surface area contributed by atoms with Crippen molar-refractivity contribution >= 4 is 0 Å². The van der Waals surface area contributed by atoms with Crippen molar-refractivity contribution in [2.24, 2.45) is 0 Å². The molecule has 1 heterocycles. The third kappa shape index (κ3) is 2.88. The molecule has 1 aliphatic heterocycles. The number of benzene rings is 1. The fourth-order valence-electron chi connectivity index (χ4n) is 2.64. The summed E-state index contributed by atoms with van der Waals surface area (Å²) in [5, 5.41) is 10.8. The van der Waals surface area contributed by atoms with Crippen LogP contribution in [0.3, 0.4) is 0 Å². The van der Waals surface area contributed by atoms with Gasteiger partial charge in [0, 0.05) is 12.8 Å². The van der Waals surface area contributed by atoms with Gasteiger partial charge < -0.3 is 9.84 Å². The van der Waals surface area contributed by atoms with Crippen molar-refractivity contribution in [1.82, 2.24) is 0 Å². The van der Waals surface area contributed by atoms with Crippen molar-refractivity contribution in [2.75, 3.05) is 6.61 Å². The minimum atomic E-state index is -0.690. The van der Waals surface area contributed by atoms with Gasteiger partial charge in [-0.15, -0.1) is 0 Å². The zero-order valence-corrected chi connectivity index (χ0v) is 10.8. The average Bonchev–Trinajstić information content (AvgIpc) is 2.30. The van der Waals surface area contributed by atoms with Gasteiger partial charge >= 0.3 is 0 Å². The highest BCUT2D eigenvalue weighted by Crippen LogP contribution is 2.36. The van der Waals surface area contributed by atoms with Crippen molar-refractivity contribution in [3.63, 3.8) is 0 Å². The highest BCUT2D eigenvalue weighted by atomic mass is 16.5. The molecule has 0 spiro atoms. The van der Waals surface area contributed by atoms with E-state index in [4.69, 9.17) is 4.74 Å². The maximum atomic E-state index is 10.8. The Bertz CT molecular complexity index is 373. The molecule has 1 N–H and O–H groups in total. The molecule has 0 saturated carbocycles. The van der Waals surface area contributed by atoms with Crippen LogP contribution in [0.5, 0.6) is 0 Å². The van der Waals surface area contributed by atoms with Gasteiger partial charge in [0.2, 0.25) is 0 Å². The van der Waals surface area contributed by atoms with E-state index in [0.29, 0.717) is 13.0 Å². The zero-order valence-electron chi connectivity index (χ0n) is 10.8. The van der Waals surface area contributed by atoms with Crippen LogP contribution in [0.25, 0.3) is 0 Å². The molecule has 1 aromatic carbocycles. The number of ether oxygens (including phenoxy) is 1. The maximum Gasteiger partial charge on any atom is 0.0943 e. The van der Waals surface area contributed by atoms with Gasteiger partial charge in [0.25, 0.3) is 0 Å². The molecule has 1 saturated heterocycles. The van der Waals surface area contributed by atoms with Crippen LogP contribution in [-0.4, -0.2) is 17.8 Å². The minimum Gasteiger partial charge on any atom is -0.385 e. The molecular formula is C15H22O2. The van der Waals surface area contributed by atoms with Gasteiger partial charge in [0.05, 0.1) is 18.3 Å². The molecule has 0 aromatic heterocycles. The summed E-state index contributed by atoms with van der Waals surface area (Å²) in [5.74, 6) is 0. The Hall–Kier alpha value is -0.860. The summed E-state index contributed by atoms with van der Waals surface area (Å²) in [7, 11) is 0. The average molecular weight is 234 g/mol. The first-order chi connectivity index (χ1) is 8.14. The molecule has 17 heavy (non-hydrogen) atoms. The Balaban J connectivity index is 2.17. The standard InChI is InChI=1S/C15H22O2/c1-3-5-14-11-15(16,8-9-17-14)13-7-4-6-12(2)10-13/h4,6-7,10,14,16H,3,5,8-9,11H2,1-2H3. The van der Waals surface area contributed by atoms with Crippen LogP contribution >= 0.6 is 0 Å². The Morgan fingerprint density at radius 2 is 2.29 bits per heavy atom. The predicted molar refractivity (Wildman–Crippen MR) is 69.0 cm³/mol. The molecule has 2 unspecified atom stereocenters. The summed E-state index contributed by atoms with van der Waals surface area (Å²) >= 11 is 0. The van der Waals surface area contributed by atoms with Crippen LogP contribution in [0, 0.1) is 6.92 Å². The maximum absolute atomic E-state index is 10.8. The molecule has 0 radical (unpaired) electrons. The van der Waals surface area contributed by atoms with E-state index in [9.17, 15) is 5.11 Å². The van der Waals surface area contributed by atoms with E-state index in [-0.39, 0.29) is 6.10 Å². The lowest BCUT2D eigenvalue weighted by molar-refractivity contribution is -0.110. The smallest absolute Gasteiger partial charge is 0.0943 e. The Labute approximate surface area is 104 Å². The van der Waals surface area contributed by atoms with Crippen LogP contribution in [0.1, 0.15) is 43.7 Å². The van der Waals surface area contributed by atoms with Crippen LogP contribution in [0.4, 0.5) is 0 Å². The fourth-order valence-corrected chi connectivity index (χ4v) is 2.64. The van der Waals surface area contributed by atoms with E-state index in [1.54, 1.807) is 0 Å². The number of aliphatic hydroxyl groups is 1. The second-order valence-corrected chi connectivity index (χ2v) is 5.14. The molecule has 0 bridgehead atoms. The largest absolute Gasteiger partial charge is 0.385 e. The molecule has 94 valence electrons. The number of rotatable bonds is 3. The van der Waals surface area contributed by atoms with E-state index in [1.807, 2.05) is 12.1 Å². The van der Waals surface area contributed by atoms with Crippen LogP contribution in [0.15, 0.2) is 24.3 Å². The molecule has 1 fully saturated rings. The van der Waals surface area contributed by atoms with E-state index in [1.165, 1.54) is 5.56 Å². The van der Waals surface area contributed by atoms with Crippen LogP contribution in [-0.2, 0) is 10.3 Å². The summed E-state index contributed by atoms with van der Waals surface area (Å²) in [6, 6.07) is 8.21. The summed E-state index contributed by atoms with van der Waals surface area (Å²) in [6.45, 7) is 4.88. The van der Waals surface area contributed by atoms with Gasteiger partial charge in [0.15, 0.2) is 0 Å². The van der Waals surface area contributed by atoms with E-state index >= 15 is 0 Å². The molecule has 2 rings (SSSR count). The Morgan fingerprint density at radius 3 is 3.00 bits per heavy atom. The lowest BCUT2D eigenvalue weighted by Gasteiger charge is -2.37. The summed E-state index contributed by atoms with van der Waals surface area (Å²) in [4.78, 5) is 0. The van der Waals surface area contributed by atoms with E-state index in [0.717, 1.165) is 24.8 Å². The Kier molecular flexibility index (Phi) is 3.85. The molecule has 2 heteroatoms. The predicted octanol–water partition coefficient (Wildman–Crippen LogP) is 3.16. The first-order valence-corrected chi connectivity index (χ1v) is 6.55. The molecule has 0 aliphatic carbocycles. The topological polar surface area (TPSA) is 29.5 Å². The monoisotopic (exact) mass is 234 g/mol. The summed E-state index contributed by atoms with van der Waals surface area (Å²) in [6.07, 6.45) is 3.78. The Morgan fingerprint density at radius 1 is 1.47 bits per heavy atom. The molecule has 1 aliphatic rings. The fraction of sp³-hybridized carbons (Fsp3) is 0.600.